The Morgan fingerprint density at radius 2 is 2.23 bits per heavy atom. The summed E-state index contributed by atoms with van der Waals surface area (Å²) in [7, 11) is 0. The highest BCUT2D eigenvalue weighted by molar-refractivity contribution is 8.00. The van der Waals surface area contributed by atoms with Gasteiger partial charge < -0.3 is 11.6 Å². The Bertz CT molecular complexity index is 323. The number of nitrogen functional groups attached to an aromatic ring is 1. The van der Waals surface area contributed by atoms with Gasteiger partial charge in [-0.1, -0.05) is 11.8 Å². The number of amides is 1. The summed E-state index contributed by atoms with van der Waals surface area (Å²) in [5.41, 5.74) is 5.08. The second kappa shape index (κ2) is 3.65. The van der Waals surface area contributed by atoms with E-state index < -0.39 is 5.91 Å². The van der Waals surface area contributed by atoms with Crippen molar-refractivity contribution >= 4 is 17.7 Å². The lowest BCUT2D eigenvalue weighted by Crippen LogP contribution is -2.23. The number of carbonyl (C=O) groups is 1. The van der Waals surface area contributed by atoms with Crippen LogP contribution in [0.25, 0.3) is 0 Å². The van der Waals surface area contributed by atoms with Crippen molar-refractivity contribution in [2.75, 3.05) is 5.84 Å². The Morgan fingerprint density at radius 3 is 2.62 bits per heavy atom. The van der Waals surface area contributed by atoms with E-state index in [9.17, 15) is 4.79 Å². The number of carbonyl (C=O) groups excluding carboxylic acids is 1. The first-order valence-electron chi connectivity index (χ1n) is 3.65. The molecule has 0 spiro atoms. The van der Waals surface area contributed by atoms with Gasteiger partial charge in [0.05, 0.1) is 5.25 Å². The van der Waals surface area contributed by atoms with Gasteiger partial charge in [0.25, 0.3) is 0 Å². The lowest BCUT2D eigenvalue weighted by atomic mass is 10.5. The van der Waals surface area contributed by atoms with Crippen molar-refractivity contribution in [3.8, 4) is 0 Å². The van der Waals surface area contributed by atoms with E-state index in [1.807, 2.05) is 0 Å². The summed E-state index contributed by atoms with van der Waals surface area (Å²) < 4.78 is 1.32. The maximum absolute atomic E-state index is 10.7. The van der Waals surface area contributed by atoms with Crippen LogP contribution in [0.3, 0.4) is 0 Å². The van der Waals surface area contributed by atoms with Crippen LogP contribution in [0.2, 0.25) is 0 Å². The summed E-state index contributed by atoms with van der Waals surface area (Å²) in [6, 6.07) is 0. The molecule has 7 heteroatoms. The number of rotatable bonds is 3. The molecule has 1 atom stereocenters. The lowest BCUT2D eigenvalue weighted by Gasteiger charge is -2.05. The van der Waals surface area contributed by atoms with E-state index in [1.165, 1.54) is 16.4 Å². The second-order valence-electron chi connectivity index (χ2n) is 2.56. The van der Waals surface area contributed by atoms with Crippen LogP contribution in [0.4, 0.5) is 0 Å². The van der Waals surface area contributed by atoms with Crippen molar-refractivity contribution in [1.29, 1.82) is 0 Å². The minimum Gasteiger partial charge on any atom is -0.369 e. The molecule has 1 rings (SSSR count). The molecular formula is C6H11N5OS. The van der Waals surface area contributed by atoms with Crippen LogP contribution in [-0.4, -0.2) is 26.0 Å². The van der Waals surface area contributed by atoms with Crippen molar-refractivity contribution in [3.05, 3.63) is 5.82 Å². The molecule has 0 saturated heterocycles. The molecule has 72 valence electrons. The number of thioether (sulfide) groups is 1. The first-order valence-corrected chi connectivity index (χ1v) is 4.53. The van der Waals surface area contributed by atoms with Crippen molar-refractivity contribution in [1.82, 2.24) is 14.9 Å². The largest absolute Gasteiger partial charge is 0.369 e. The Kier molecular flexibility index (Phi) is 2.76. The van der Waals surface area contributed by atoms with E-state index in [-0.39, 0.29) is 5.25 Å². The molecule has 0 aliphatic carbocycles. The lowest BCUT2D eigenvalue weighted by molar-refractivity contribution is -0.117. The van der Waals surface area contributed by atoms with Gasteiger partial charge in [-0.2, -0.15) is 0 Å². The number of aryl methyl sites for hydroxylation is 1. The Labute approximate surface area is 79.7 Å². The smallest absolute Gasteiger partial charge is 0.230 e. The van der Waals surface area contributed by atoms with Gasteiger partial charge in [-0.3, -0.25) is 4.79 Å². The molecule has 6 nitrogen and oxygen atoms in total. The maximum atomic E-state index is 10.7. The highest BCUT2D eigenvalue weighted by atomic mass is 32.2. The third-order valence-corrected chi connectivity index (χ3v) is 2.59. The van der Waals surface area contributed by atoms with Gasteiger partial charge >= 0.3 is 0 Å². The minimum absolute atomic E-state index is 0.356. The van der Waals surface area contributed by atoms with E-state index in [4.69, 9.17) is 11.6 Å². The normalized spacial score (nSPS) is 12.8. The molecule has 1 amide bonds. The van der Waals surface area contributed by atoms with Crippen LogP contribution in [-0.2, 0) is 4.79 Å². The van der Waals surface area contributed by atoms with Crippen molar-refractivity contribution in [2.45, 2.75) is 24.3 Å². The molecule has 0 aliphatic rings. The quantitative estimate of drug-likeness (QED) is 0.496. The van der Waals surface area contributed by atoms with Crippen LogP contribution >= 0.6 is 11.8 Å². The summed E-state index contributed by atoms with van der Waals surface area (Å²) in [5.74, 6) is 5.77. The number of nitrogens with two attached hydrogens (primary N) is 2. The van der Waals surface area contributed by atoms with E-state index in [1.54, 1.807) is 13.8 Å². The fourth-order valence-corrected chi connectivity index (χ4v) is 1.41. The first-order chi connectivity index (χ1) is 6.02. The monoisotopic (exact) mass is 201 g/mol. The molecule has 0 bridgehead atoms. The number of hydrogen-bond acceptors (Lipinski definition) is 5. The molecular weight excluding hydrogens is 190 g/mol. The van der Waals surface area contributed by atoms with Crippen LogP contribution in [0.1, 0.15) is 12.7 Å². The maximum Gasteiger partial charge on any atom is 0.230 e. The van der Waals surface area contributed by atoms with Crippen LogP contribution < -0.4 is 11.6 Å². The average molecular weight is 201 g/mol. The number of nitrogens with zero attached hydrogens (tertiary/aromatic N) is 3. The zero-order valence-electron chi connectivity index (χ0n) is 7.39. The number of primary amides is 1. The fourth-order valence-electron chi connectivity index (χ4n) is 0.646. The van der Waals surface area contributed by atoms with Crippen LogP contribution in [0.5, 0.6) is 0 Å². The van der Waals surface area contributed by atoms with Gasteiger partial charge in [0.15, 0.2) is 0 Å². The van der Waals surface area contributed by atoms with E-state index in [0.29, 0.717) is 11.0 Å². The zero-order chi connectivity index (χ0) is 10.0. The Balaban J connectivity index is 2.74. The van der Waals surface area contributed by atoms with E-state index in [0.717, 1.165) is 0 Å². The predicted molar refractivity (Wildman–Crippen MR) is 49.4 cm³/mol. The highest BCUT2D eigenvalue weighted by Crippen LogP contribution is 2.19. The van der Waals surface area contributed by atoms with Crippen molar-refractivity contribution in [3.63, 3.8) is 0 Å². The Morgan fingerprint density at radius 1 is 1.62 bits per heavy atom. The number of hydrogen-bond donors (Lipinski definition) is 2. The topological polar surface area (TPSA) is 99.8 Å². The molecule has 0 radical (unpaired) electrons. The van der Waals surface area contributed by atoms with Gasteiger partial charge in [0.1, 0.15) is 5.82 Å². The van der Waals surface area contributed by atoms with Crippen molar-refractivity contribution in [2.24, 2.45) is 5.73 Å². The summed E-state index contributed by atoms with van der Waals surface area (Å²) in [6.07, 6.45) is 0. The molecule has 1 heterocycles. The average Bonchev–Trinajstić information content (AvgIpc) is 2.36. The Hall–Kier alpha value is -1.24. The van der Waals surface area contributed by atoms with Crippen LogP contribution in [0.15, 0.2) is 5.16 Å². The first kappa shape index (κ1) is 9.85. The van der Waals surface area contributed by atoms with Gasteiger partial charge in [0, 0.05) is 0 Å². The van der Waals surface area contributed by atoms with Gasteiger partial charge in [-0.05, 0) is 13.8 Å². The summed E-state index contributed by atoms with van der Waals surface area (Å²) in [4.78, 5) is 10.7. The van der Waals surface area contributed by atoms with Gasteiger partial charge in [-0.25, -0.2) is 4.68 Å². The SMILES string of the molecule is Cc1nnc(SC(C)C(N)=O)n1N. The molecule has 1 aromatic heterocycles. The molecule has 0 saturated carbocycles. The van der Waals surface area contributed by atoms with Gasteiger partial charge in [-0.15, -0.1) is 10.2 Å². The standard InChI is InChI=1S/C6H11N5OS/c1-3(5(7)12)13-6-10-9-4(2)11(6)8/h3H,8H2,1-2H3,(H2,7,12). The van der Waals surface area contributed by atoms with E-state index >= 15 is 0 Å². The fraction of sp³-hybridized carbons (Fsp3) is 0.500. The minimum atomic E-state index is -0.398. The van der Waals surface area contributed by atoms with Crippen molar-refractivity contribution < 1.29 is 4.79 Å². The molecule has 1 aromatic rings. The zero-order valence-corrected chi connectivity index (χ0v) is 8.21. The van der Waals surface area contributed by atoms with E-state index in [2.05, 4.69) is 10.2 Å². The second-order valence-corrected chi connectivity index (χ2v) is 3.87. The molecule has 1 unspecified atom stereocenters. The van der Waals surface area contributed by atoms with Crippen LogP contribution in [0, 0.1) is 6.92 Å². The molecule has 0 fully saturated rings. The number of aromatic nitrogens is 3. The molecule has 4 N–H and O–H groups in total. The van der Waals surface area contributed by atoms with Gasteiger partial charge in [0.2, 0.25) is 11.1 Å². The molecule has 0 aromatic carbocycles. The predicted octanol–water partition coefficient (Wildman–Crippen LogP) is -0.734. The summed E-state index contributed by atoms with van der Waals surface area (Å²) >= 11 is 1.19. The summed E-state index contributed by atoms with van der Waals surface area (Å²) in [6.45, 7) is 3.42. The third-order valence-electron chi connectivity index (χ3n) is 1.52. The summed E-state index contributed by atoms with van der Waals surface area (Å²) in [5, 5.41) is 7.66. The molecule has 13 heavy (non-hydrogen) atoms. The molecule has 0 aliphatic heterocycles. The highest BCUT2D eigenvalue weighted by Gasteiger charge is 2.15. The third kappa shape index (κ3) is 2.11.